The number of nitrogens with one attached hydrogen (secondary N) is 1. The van der Waals surface area contributed by atoms with Crippen LogP contribution in [0.25, 0.3) is 10.2 Å². The maximum atomic E-state index is 11.9. The van der Waals surface area contributed by atoms with Gasteiger partial charge in [0, 0.05) is 12.1 Å². The molecule has 124 valence electrons. The molecule has 0 bridgehead atoms. The zero-order valence-electron chi connectivity index (χ0n) is 12.6. The number of halogens is 2. The fraction of sp³-hybridized carbons (Fsp3) is 0.125. The topological polar surface area (TPSA) is 55.6 Å². The fourth-order valence-electron chi connectivity index (χ4n) is 2.07. The van der Waals surface area contributed by atoms with Gasteiger partial charge in [-0.25, -0.2) is 5.43 Å². The van der Waals surface area contributed by atoms with Gasteiger partial charge in [0.15, 0.2) is 6.61 Å². The minimum atomic E-state index is -0.376. The van der Waals surface area contributed by atoms with Gasteiger partial charge in [0.05, 0.1) is 15.2 Å². The summed E-state index contributed by atoms with van der Waals surface area (Å²) in [6.45, 7) is -0.195. The van der Waals surface area contributed by atoms with E-state index in [0.717, 1.165) is 10.2 Å². The third-order valence-electron chi connectivity index (χ3n) is 3.24. The van der Waals surface area contributed by atoms with Gasteiger partial charge in [-0.05, 0) is 30.3 Å². The number of thiazole rings is 1. The van der Waals surface area contributed by atoms with Gasteiger partial charge in [-0.3, -0.25) is 4.79 Å². The molecule has 8 heteroatoms. The number of para-hydroxylation sites is 1. The van der Waals surface area contributed by atoms with Crippen LogP contribution in [0.2, 0.25) is 10.0 Å². The number of aromatic nitrogens is 1. The quantitative estimate of drug-likeness (QED) is 0.702. The summed E-state index contributed by atoms with van der Waals surface area (Å²) in [7, 11) is 1.90. The minimum absolute atomic E-state index is 0.195. The van der Waals surface area contributed by atoms with Crippen LogP contribution in [0.15, 0.2) is 47.6 Å². The Labute approximate surface area is 152 Å². The summed E-state index contributed by atoms with van der Waals surface area (Å²) in [5.41, 5.74) is 3.54. The third kappa shape index (κ3) is 3.72. The number of amides is 1. The molecule has 1 N–H and O–H groups in total. The van der Waals surface area contributed by atoms with E-state index < -0.39 is 0 Å². The summed E-state index contributed by atoms with van der Waals surface area (Å²) >= 11 is 13.3. The molecule has 0 saturated heterocycles. The number of rotatable bonds is 4. The third-order valence-corrected chi connectivity index (χ3v) is 4.89. The maximum absolute atomic E-state index is 11.9. The van der Waals surface area contributed by atoms with E-state index in [-0.39, 0.29) is 12.5 Å². The van der Waals surface area contributed by atoms with Gasteiger partial charge in [0.1, 0.15) is 5.75 Å². The zero-order valence-corrected chi connectivity index (χ0v) is 15.0. The molecule has 0 radical (unpaired) electrons. The highest BCUT2D eigenvalue weighted by Gasteiger charge is 2.07. The van der Waals surface area contributed by atoms with Crippen molar-refractivity contribution in [2.24, 2.45) is 12.1 Å². The number of hydrogen-bond acceptors (Lipinski definition) is 4. The number of nitrogens with zero attached hydrogens (tertiary/aromatic N) is 2. The van der Waals surface area contributed by atoms with Crippen LogP contribution in [-0.4, -0.2) is 17.1 Å². The molecule has 3 aromatic rings. The molecule has 0 atom stereocenters. The minimum Gasteiger partial charge on any atom is -0.482 e. The van der Waals surface area contributed by atoms with Crippen LogP contribution in [-0.2, 0) is 11.8 Å². The first-order valence-electron chi connectivity index (χ1n) is 6.99. The number of fused-ring (bicyclic) bond motifs is 1. The second-order valence-corrected chi connectivity index (χ2v) is 6.77. The van der Waals surface area contributed by atoms with Crippen molar-refractivity contribution in [2.45, 2.75) is 0 Å². The Kier molecular flexibility index (Phi) is 5.08. The van der Waals surface area contributed by atoms with E-state index in [1.54, 1.807) is 18.2 Å². The lowest BCUT2D eigenvalue weighted by atomic mass is 10.3. The van der Waals surface area contributed by atoms with E-state index in [4.69, 9.17) is 27.9 Å². The van der Waals surface area contributed by atoms with Crippen molar-refractivity contribution in [3.8, 4) is 5.75 Å². The molecule has 5 nitrogen and oxygen atoms in total. The van der Waals surface area contributed by atoms with E-state index in [9.17, 15) is 4.79 Å². The van der Waals surface area contributed by atoms with Gasteiger partial charge in [-0.15, -0.1) is 5.10 Å². The normalized spacial score (nSPS) is 11.7. The Morgan fingerprint density at radius 2 is 2.08 bits per heavy atom. The Bertz CT molecular complexity index is 965. The molecule has 0 unspecified atom stereocenters. The van der Waals surface area contributed by atoms with E-state index in [2.05, 4.69) is 10.5 Å². The zero-order chi connectivity index (χ0) is 17.1. The highest BCUT2D eigenvalue weighted by Crippen LogP contribution is 2.27. The summed E-state index contributed by atoms with van der Waals surface area (Å²) in [4.78, 5) is 12.6. The van der Waals surface area contributed by atoms with Crippen LogP contribution in [0.3, 0.4) is 0 Å². The van der Waals surface area contributed by atoms with Gasteiger partial charge in [-0.2, -0.15) is 0 Å². The van der Waals surface area contributed by atoms with Crippen molar-refractivity contribution in [3.63, 3.8) is 0 Å². The standard InChI is InChI=1S/C16H13Cl2N3O2S/c1-21-12-4-2-3-5-14(12)24-16(21)20-19-15(22)9-23-13-7-6-10(17)8-11(13)18/h2-8H,9H2,1H3,(H,19,22)/b20-16+. The summed E-state index contributed by atoms with van der Waals surface area (Å²) in [5, 5.41) is 4.99. The van der Waals surface area contributed by atoms with Crippen LogP contribution < -0.4 is 15.0 Å². The molecule has 0 fully saturated rings. The monoisotopic (exact) mass is 381 g/mol. The maximum Gasteiger partial charge on any atom is 0.278 e. The Hall–Kier alpha value is -2.02. The van der Waals surface area contributed by atoms with Gasteiger partial charge in [0.25, 0.3) is 5.91 Å². The van der Waals surface area contributed by atoms with Gasteiger partial charge in [0.2, 0.25) is 4.80 Å². The van der Waals surface area contributed by atoms with Crippen molar-refractivity contribution in [3.05, 3.63) is 57.3 Å². The highest BCUT2D eigenvalue weighted by atomic mass is 35.5. The average Bonchev–Trinajstić information content (AvgIpc) is 2.89. The molecule has 1 aromatic heterocycles. The molecule has 0 spiro atoms. The predicted molar refractivity (Wildman–Crippen MR) is 96.5 cm³/mol. The number of hydrogen-bond donors (Lipinski definition) is 1. The van der Waals surface area contributed by atoms with Crippen LogP contribution in [0.5, 0.6) is 5.75 Å². The fourth-order valence-corrected chi connectivity index (χ4v) is 3.51. The summed E-state index contributed by atoms with van der Waals surface area (Å²) in [5.74, 6) is 0.0158. The smallest absolute Gasteiger partial charge is 0.278 e. The molecular weight excluding hydrogens is 369 g/mol. The van der Waals surface area contributed by atoms with Gasteiger partial charge in [-0.1, -0.05) is 46.7 Å². The lowest BCUT2D eigenvalue weighted by molar-refractivity contribution is -0.123. The van der Waals surface area contributed by atoms with Crippen LogP contribution >= 0.6 is 34.5 Å². The SMILES string of the molecule is Cn1/c(=N\NC(=O)COc2ccc(Cl)cc2Cl)sc2ccccc21. The molecule has 0 aliphatic carbocycles. The molecule has 0 aliphatic heterocycles. The second-order valence-electron chi connectivity index (χ2n) is 4.92. The molecule has 1 heterocycles. The highest BCUT2D eigenvalue weighted by molar-refractivity contribution is 7.16. The number of benzene rings is 2. The molecule has 3 rings (SSSR count). The molecule has 24 heavy (non-hydrogen) atoms. The molecule has 2 aromatic carbocycles. The largest absolute Gasteiger partial charge is 0.482 e. The van der Waals surface area contributed by atoms with E-state index in [1.807, 2.05) is 35.9 Å². The molecule has 0 aliphatic rings. The molecule has 1 amide bonds. The van der Waals surface area contributed by atoms with Gasteiger partial charge < -0.3 is 9.30 Å². The van der Waals surface area contributed by atoms with E-state index >= 15 is 0 Å². The van der Waals surface area contributed by atoms with Crippen molar-refractivity contribution in [1.82, 2.24) is 9.99 Å². The lowest BCUT2D eigenvalue weighted by Crippen LogP contribution is -2.27. The number of aryl methyl sites for hydroxylation is 1. The van der Waals surface area contributed by atoms with Crippen LogP contribution in [0, 0.1) is 0 Å². The van der Waals surface area contributed by atoms with E-state index in [1.165, 1.54) is 11.3 Å². The molecular formula is C16H13Cl2N3O2S. The van der Waals surface area contributed by atoms with Crippen LogP contribution in [0.4, 0.5) is 0 Å². The summed E-state index contributed by atoms with van der Waals surface area (Å²) in [6, 6.07) is 12.7. The van der Waals surface area contributed by atoms with Crippen molar-refractivity contribution in [1.29, 1.82) is 0 Å². The average molecular weight is 382 g/mol. The van der Waals surface area contributed by atoms with Crippen LogP contribution in [0.1, 0.15) is 0 Å². The molecule has 0 saturated carbocycles. The first kappa shape index (κ1) is 16.8. The second kappa shape index (κ2) is 7.25. The Morgan fingerprint density at radius 1 is 1.29 bits per heavy atom. The summed E-state index contributed by atoms with van der Waals surface area (Å²) in [6.07, 6.45) is 0. The summed E-state index contributed by atoms with van der Waals surface area (Å²) < 4.78 is 8.37. The number of carbonyl (C=O) groups excluding carboxylic acids is 1. The van der Waals surface area contributed by atoms with Crippen molar-refractivity contribution < 1.29 is 9.53 Å². The lowest BCUT2D eigenvalue weighted by Gasteiger charge is -2.06. The first-order chi connectivity index (χ1) is 11.5. The Balaban J connectivity index is 1.67. The van der Waals surface area contributed by atoms with Gasteiger partial charge >= 0.3 is 0 Å². The first-order valence-corrected chi connectivity index (χ1v) is 8.57. The Morgan fingerprint density at radius 3 is 2.83 bits per heavy atom. The van der Waals surface area contributed by atoms with Crippen molar-refractivity contribution >= 4 is 50.7 Å². The van der Waals surface area contributed by atoms with E-state index in [0.29, 0.717) is 20.6 Å². The van der Waals surface area contributed by atoms with Crippen molar-refractivity contribution in [2.75, 3.05) is 6.61 Å². The number of ether oxygens (including phenoxy) is 1. The predicted octanol–water partition coefficient (Wildman–Crippen LogP) is 3.56. The number of carbonyl (C=O) groups is 1.